The summed E-state index contributed by atoms with van der Waals surface area (Å²) in [5.74, 6) is -4.16. The van der Waals surface area contributed by atoms with Crippen LogP contribution in [0.2, 0.25) is 0 Å². The molecule has 3 aromatic carbocycles. The van der Waals surface area contributed by atoms with Gasteiger partial charge >= 0.3 is 24.2 Å². The number of carbonyl (C=O) groups excluding carboxylic acids is 2. The summed E-state index contributed by atoms with van der Waals surface area (Å²) in [6.07, 6.45) is -19.2. The van der Waals surface area contributed by atoms with E-state index in [1.807, 2.05) is 6.07 Å². The van der Waals surface area contributed by atoms with Crippen LogP contribution in [0.4, 0.5) is 59.7 Å². The summed E-state index contributed by atoms with van der Waals surface area (Å²) < 4.78 is 149. The first-order chi connectivity index (χ1) is 20.2. The van der Waals surface area contributed by atoms with Crippen LogP contribution in [0.25, 0.3) is 0 Å². The minimum Gasteiger partial charge on any atom is -0.320 e. The maximum atomic E-state index is 15.5. The second-order valence-electron chi connectivity index (χ2n) is 8.98. The third kappa shape index (κ3) is 5.56. The Bertz CT molecular complexity index is 1700. The molecule has 1 N–H and O–H groups in total. The van der Waals surface area contributed by atoms with Crippen molar-refractivity contribution in [2.75, 3.05) is 10.4 Å². The number of carbonyl (C=O) groups is 2. The van der Waals surface area contributed by atoms with Gasteiger partial charge in [-0.1, -0.05) is 6.07 Å². The normalized spacial score (nSPS) is 14.2. The summed E-state index contributed by atoms with van der Waals surface area (Å²) in [5, 5.41) is 11.0. The first-order valence-corrected chi connectivity index (χ1v) is 12.4. The van der Waals surface area contributed by atoms with Gasteiger partial charge in [-0.15, -0.1) is 0 Å². The smallest absolute Gasteiger partial charge is 0.320 e. The Hall–Kier alpha value is -4.24. The monoisotopic (exact) mass is 701 g/mol. The molecule has 0 aromatic heterocycles. The second kappa shape index (κ2) is 11.0. The predicted octanol–water partition coefficient (Wildman–Crippen LogP) is 8.11. The van der Waals surface area contributed by atoms with Crippen molar-refractivity contribution in [1.82, 2.24) is 0 Å². The van der Waals surface area contributed by atoms with E-state index in [1.165, 1.54) is 18.2 Å². The molecule has 2 amide bonds. The number of nitriles is 1. The topological polar surface area (TPSA) is 82.4 Å². The average molecular weight is 702 g/mol. The first kappa shape index (κ1) is 32.7. The molecule has 0 unspecified atom stereocenters. The van der Waals surface area contributed by atoms with E-state index in [0.717, 1.165) is 18.2 Å². The molecule has 0 atom stereocenters. The van der Waals surface area contributed by atoms with Crippen molar-refractivity contribution in [3.63, 3.8) is 0 Å². The van der Waals surface area contributed by atoms with E-state index >= 15 is 4.39 Å². The van der Waals surface area contributed by atoms with E-state index in [4.69, 9.17) is 10.1 Å². The first-order valence-electron chi connectivity index (χ1n) is 11.6. The number of fused-ring (bicyclic) bond motifs is 1. The lowest BCUT2D eigenvalue weighted by Gasteiger charge is -2.31. The van der Waals surface area contributed by atoms with Crippen molar-refractivity contribution in [2.24, 2.45) is 0 Å². The Balaban J connectivity index is 1.74. The summed E-state index contributed by atoms with van der Waals surface area (Å²) in [5.41, 5.74) is -13.8. The molecule has 1 aliphatic heterocycles. The van der Waals surface area contributed by atoms with E-state index in [2.05, 4.69) is 15.9 Å². The van der Waals surface area contributed by atoms with Crippen LogP contribution in [-0.2, 0) is 23.3 Å². The van der Waals surface area contributed by atoms with E-state index < -0.39 is 80.4 Å². The lowest BCUT2D eigenvalue weighted by atomic mass is 9.92. The van der Waals surface area contributed by atoms with Crippen LogP contribution in [0.3, 0.4) is 0 Å². The van der Waals surface area contributed by atoms with Gasteiger partial charge in [0.1, 0.15) is 12.3 Å². The number of alkyl halides is 10. The van der Waals surface area contributed by atoms with E-state index in [0.29, 0.717) is 5.06 Å². The number of hydrogen-bond donors (Lipinski definition) is 1. The Morgan fingerprint density at radius 3 is 2.16 bits per heavy atom. The molecule has 0 bridgehead atoms. The SMILES string of the molecule is N#Cc1ccc2c(c1)CON(c1cccc(C(=O)Nc3c(Br)cc(C(F)(C(F)(F)F)C(F)(F)F)cc3C(F)(F)F)c1F)C2=O. The van der Waals surface area contributed by atoms with Gasteiger partial charge in [0.25, 0.3) is 11.8 Å². The molecule has 0 radical (unpaired) electrons. The van der Waals surface area contributed by atoms with Crippen molar-refractivity contribution in [3.8, 4) is 6.07 Å². The Morgan fingerprint density at radius 2 is 1.59 bits per heavy atom. The third-order valence-corrected chi connectivity index (χ3v) is 6.88. The molecule has 0 fully saturated rings. The molecule has 3 aromatic rings. The summed E-state index contributed by atoms with van der Waals surface area (Å²) in [6.45, 7) is -0.341. The number of hydrogen-bond acceptors (Lipinski definition) is 4. The lowest BCUT2D eigenvalue weighted by molar-refractivity contribution is -0.348. The number of benzene rings is 3. The second-order valence-corrected chi connectivity index (χ2v) is 9.84. The van der Waals surface area contributed by atoms with Gasteiger partial charge in [0.15, 0.2) is 5.82 Å². The standard InChI is InChI=1S/C26H11BrF11N3O3/c27-17-8-13(23(29,25(33,34)35)26(36,37)38)7-16(24(30,31)32)20(17)40-21(42)15-2-1-3-18(19(15)28)41-22(43)14-5-4-11(9-39)6-12(14)10-44-41/h1-8H,10H2,(H,40,42). The van der Waals surface area contributed by atoms with Crippen LogP contribution >= 0.6 is 15.9 Å². The van der Waals surface area contributed by atoms with Crippen LogP contribution < -0.4 is 10.4 Å². The summed E-state index contributed by atoms with van der Waals surface area (Å²) in [7, 11) is 0. The van der Waals surface area contributed by atoms with Crippen molar-refractivity contribution in [2.45, 2.75) is 30.8 Å². The maximum Gasteiger partial charge on any atom is 0.435 e. The van der Waals surface area contributed by atoms with Crippen LogP contribution in [0.5, 0.6) is 0 Å². The number of nitrogens with one attached hydrogen (secondary N) is 1. The maximum absolute atomic E-state index is 15.5. The lowest BCUT2D eigenvalue weighted by Crippen LogP contribution is -2.50. The molecule has 4 rings (SSSR count). The molecular weight excluding hydrogens is 691 g/mol. The van der Waals surface area contributed by atoms with Gasteiger partial charge in [-0.05, 0) is 64.0 Å². The molecule has 6 nitrogen and oxygen atoms in total. The van der Waals surface area contributed by atoms with Gasteiger partial charge in [0.2, 0.25) is 0 Å². The quantitative estimate of drug-likeness (QED) is 0.279. The highest BCUT2D eigenvalue weighted by atomic mass is 79.9. The summed E-state index contributed by atoms with van der Waals surface area (Å²) in [4.78, 5) is 31.1. The minimum atomic E-state index is -6.74. The number of anilines is 2. The number of hydroxylamine groups is 1. The van der Waals surface area contributed by atoms with Gasteiger partial charge in [-0.25, -0.2) is 8.78 Å². The van der Waals surface area contributed by atoms with Crippen LogP contribution in [0.1, 0.15) is 43.0 Å². The summed E-state index contributed by atoms with van der Waals surface area (Å²) >= 11 is 2.34. The highest BCUT2D eigenvalue weighted by molar-refractivity contribution is 9.10. The van der Waals surface area contributed by atoms with E-state index in [1.54, 1.807) is 5.32 Å². The van der Waals surface area contributed by atoms with Gasteiger partial charge in [-0.2, -0.15) is 49.8 Å². The zero-order chi connectivity index (χ0) is 33.0. The highest BCUT2D eigenvalue weighted by Crippen LogP contribution is 2.55. The van der Waals surface area contributed by atoms with Crippen molar-refractivity contribution < 1.29 is 62.7 Å². The van der Waals surface area contributed by atoms with Crippen LogP contribution in [0, 0.1) is 17.1 Å². The number of rotatable bonds is 4. The van der Waals surface area contributed by atoms with Crippen LogP contribution in [0.15, 0.2) is 53.0 Å². The molecule has 0 spiro atoms. The largest absolute Gasteiger partial charge is 0.435 e. The zero-order valence-electron chi connectivity index (χ0n) is 21.0. The van der Waals surface area contributed by atoms with Crippen molar-refractivity contribution >= 4 is 39.1 Å². The van der Waals surface area contributed by atoms with Gasteiger partial charge in [0, 0.05) is 15.6 Å². The number of nitrogens with zero attached hydrogens (tertiary/aromatic N) is 2. The fraction of sp³-hybridized carbons (Fsp3) is 0.192. The molecule has 1 heterocycles. The molecule has 0 aliphatic carbocycles. The van der Waals surface area contributed by atoms with Crippen LogP contribution in [-0.4, -0.2) is 24.2 Å². The van der Waals surface area contributed by atoms with Crippen molar-refractivity contribution in [3.05, 3.63) is 92.2 Å². The number of amides is 2. The Morgan fingerprint density at radius 1 is 0.955 bits per heavy atom. The Labute approximate surface area is 246 Å². The van der Waals surface area contributed by atoms with Gasteiger partial charge < -0.3 is 5.32 Å². The molecule has 18 heteroatoms. The zero-order valence-corrected chi connectivity index (χ0v) is 22.6. The minimum absolute atomic E-state index is 0.00926. The fourth-order valence-electron chi connectivity index (χ4n) is 4.15. The predicted molar refractivity (Wildman–Crippen MR) is 131 cm³/mol. The molecule has 44 heavy (non-hydrogen) atoms. The van der Waals surface area contributed by atoms with Crippen molar-refractivity contribution in [1.29, 1.82) is 5.26 Å². The third-order valence-electron chi connectivity index (χ3n) is 6.25. The Kier molecular flexibility index (Phi) is 8.20. The van der Waals surface area contributed by atoms with E-state index in [9.17, 15) is 53.5 Å². The van der Waals surface area contributed by atoms with Gasteiger partial charge in [0.05, 0.1) is 28.4 Å². The fourth-order valence-corrected chi connectivity index (χ4v) is 4.71. The van der Waals surface area contributed by atoms with Gasteiger partial charge in [-0.3, -0.25) is 14.4 Å². The molecular formula is C26H11BrF11N3O3. The summed E-state index contributed by atoms with van der Waals surface area (Å²) in [6, 6.07) is 7.39. The molecule has 0 saturated heterocycles. The average Bonchev–Trinajstić information content (AvgIpc) is 2.92. The molecule has 232 valence electrons. The highest BCUT2D eigenvalue weighted by Gasteiger charge is 2.73. The van der Waals surface area contributed by atoms with E-state index in [-0.39, 0.29) is 29.4 Å². The number of halogens is 12. The molecule has 0 saturated carbocycles. The molecule has 1 aliphatic rings.